The minimum absolute atomic E-state index is 0.152. The number of hydrogen-bond donors (Lipinski definition) is 1. The minimum atomic E-state index is -0.281. The van der Waals surface area contributed by atoms with Crippen LogP contribution >= 0.6 is 11.8 Å². The monoisotopic (exact) mass is 451 g/mol. The van der Waals surface area contributed by atoms with Gasteiger partial charge in [0.2, 0.25) is 5.78 Å². The molecule has 1 saturated carbocycles. The van der Waals surface area contributed by atoms with Crippen LogP contribution in [0.4, 0.5) is 4.39 Å². The number of halogens is 1. The zero-order valence-corrected chi connectivity index (χ0v) is 18.4. The molecule has 1 N–H and O–H groups in total. The van der Waals surface area contributed by atoms with Crippen molar-refractivity contribution in [1.29, 1.82) is 0 Å². The van der Waals surface area contributed by atoms with Gasteiger partial charge in [0.15, 0.2) is 5.16 Å². The molecule has 164 valence electrons. The molecule has 1 aliphatic rings. The van der Waals surface area contributed by atoms with Crippen molar-refractivity contribution in [3.8, 4) is 0 Å². The normalized spacial score (nSPS) is 14.4. The number of carbonyl (C=O) groups is 1. The van der Waals surface area contributed by atoms with E-state index in [1.807, 2.05) is 0 Å². The van der Waals surface area contributed by atoms with Gasteiger partial charge in [0.1, 0.15) is 5.82 Å². The summed E-state index contributed by atoms with van der Waals surface area (Å²) in [5.41, 5.74) is 1.38. The van der Waals surface area contributed by atoms with Gasteiger partial charge in [-0.3, -0.25) is 18.6 Å². The second-order valence-corrected chi connectivity index (χ2v) is 8.99. The minimum Gasteiger partial charge on any atom is -0.349 e. The molecule has 1 aliphatic carbocycles. The Hall–Kier alpha value is -3.20. The van der Waals surface area contributed by atoms with E-state index in [4.69, 9.17) is 0 Å². The van der Waals surface area contributed by atoms with Crippen LogP contribution in [0.3, 0.4) is 0 Å². The Morgan fingerprint density at radius 3 is 2.75 bits per heavy atom. The van der Waals surface area contributed by atoms with E-state index in [9.17, 15) is 14.0 Å². The highest BCUT2D eigenvalue weighted by atomic mass is 32.2. The molecular weight excluding hydrogens is 429 g/mol. The molecule has 0 saturated heterocycles. The molecule has 1 amide bonds. The molecular formula is C23H22FN5O2S. The molecule has 9 heteroatoms. The van der Waals surface area contributed by atoms with Gasteiger partial charge < -0.3 is 5.32 Å². The largest absolute Gasteiger partial charge is 0.349 e. The van der Waals surface area contributed by atoms with Gasteiger partial charge in [0.05, 0.1) is 10.9 Å². The van der Waals surface area contributed by atoms with Crippen LogP contribution in [0.25, 0.3) is 16.7 Å². The summed E-state index contributed by atoms with van der Waals surface area (Å²) in [5, 5.41) is 12.5. The summed E-state index contributed by atoms with van der Waals surface area (Å²) in [5.74, 6) is 0.296. The fourth-order valence-corrected chi connectivity index (χ4v) is 5.12. The number of fused-ring (bicyclic) bond motifs is 3. The van der Waals surface area contributed by atoms with Crippen LogP contribution in [0, 0.1) is 5.82 Å². The van der Waals surface area contributed by atoms with Crippen LogP contribution in [0.15, 0.2) is 52.4 Å². The van der Waals surface area contributed by atoms with Crippen LogP contribution < -0.4 is 10.9 Å². The molecule has 5 rings (SSSR count). The summed E-state index contributed by atoms with van der Waals surface area (Å²) < 4.78 is 17.3. The third-order valence-corrected chi connectivity index (χ3v) is 6.93. The lowest BCUT2D eigenvalue weighted by molar-refractivity contribution is 0.0938. The zero-order chi connectivity index (χ0) is 22.2. The number of hydrogen-bond acceptors (Lipinski definition) is 5. The molecule has 0 unspecified atom stereocenters. The van der Waals surface area contributed by atoms with Crippen LogP contribution in [-0.2, 0) is 12.8 Å². The van der Waals surface area contributed by atoms with E-state index >= 15 is 0 Å². The number of thioether (sulfide) groups is 1. The molecule has 2 aromatic carbocycles. The second-order valence-electron chi connectivity index (χ2n) is 8.05. The third-order valence-electron chi connectivity index (χ3n) is 5.96. The van der Waals surface area contributed by atoms with Crippen molar-refractivity contribution in [1.82, 2.24) is 24.5 Å². The second kappa shape index (κ2) is 8.38. The Labute approximate surface area is 187 Å². The van der Waals surface area contributed by atoms with E-state index in [2.05, 4.69) is 15.5 Å². The SMILES string of the molecule is Cn1c(=O)c2ccc(C(=O)NC3CCCC3)cc2n2c(SCc3ccccc3F)nnc12. The average Bonchev–Trinajstić information content (AvgIpc) is 3.46. The number of rotatable bonds is 5. The molecule has 0 bridgehead atoms. The van der Waals surface area contributed by atoms with E-state index in [1.165, 1.54) is 22.4 Å². The first-order chi connectivity index (χ1) is 15.5. The maximum absolute atomic E-state index is 14.1. The molecule has 2 heterocycles. The highest BCUT2D eigenvalue weighted by Gasteiger charge is 2.20. The van der Waals surface area contributed by atoms with Gasteiger partial charge in [-0.2, -0.15) is 0 Å². The van der Waals surface area contributed by atoms with E-state index in [-0.39, 0.29) is 23.3 Å². The van der Waals surface area contributed by atoms with Crippen molar-refractivity contribution in [2.24, 2.45) is 7.05 Å². The topological polar surface area (TPSA) is 81.3 Å². The van der Waals surface area contributed by atoms with E-state index in [0.717, 1.165) is 25.7 Å². The molecule has 1 fully saturated rings. The summed E-state index contributed by atoms with van der Waals surface area (Å²) in [7, 11) is 1.64. The Morgan fingerprint density at radius 2 is 1.97 bits per heavy atom. The predicted octanol–water partition coefficient (Wildman–Crippen LogP) is 3.69. The Kier molecular flexibility index (Phi) is 5.42. The first kappa shape index (κ1) is 20.7. The van der Waals surface area contributed by atoms with Gasteiger partial charge in [0.25, 0.3) is 11.5 Å². The first-order valence-corrected chi connectivity index (χ1v) is 11.6. The van der Waals surface area contributed by atoms with Crippen molar-refractivity contribution < 1.29 is 9.18 Å². The summed E-state index contributed by atoms with van der Waals surface area (Å²) in [4.78, 5) is 25.7. The number of carbonyl (C=O) groups excluding carboxylic acids is 1. The average molecular weight is 452 g/mol. The summed E-state index contributed by atoms with van der Waals surface area (Å²) >= 11 is 1.33. The number of benzene rings is 2. The predicted molar refractivity (Wildman–Crippen MR) is 121 cm³/mol. The van der Waals surface area contributed by atoms with Crippen molar-refractivity contribution in [3.05, 3.63) is 69.8 Å². The maximum atomic E-state index is 14.1. The highest BCUT2D eigenvalue weighted by molar-refractivity contribution is 7.98. The molecule has 4 aromatic rings. The first-order valence-electron chi connectivity index (χ1n) is 10.6. The zero-order valence-electron chi connectivity index (χ0n) is 17.5. The summed E-state index contributed by atoms with van der Waals surface area (Å²) in [6, 6.07) is 11.8. The fourth-order valence-electron chi connectivity index (χ4n) is 4.19. The number of aromatic nitrogens is 4. The van der Waals surface area contributed by atoms with Gasteiger partial charge in [-0.25, -0.2) is 4.39 Å². The van der Waals surface area contributed by atoms with Crippen LogP contribution in [0.1, 0.15) is 41.6 Å². The van der Waals surface area contributed by atoms with Gasteiger partial charge in [0, 0.05) is 24.4 Å². The standard InChI is InChI=1S/C23H22FN5O2S/c1-28-21(31)17-11-10-14(20(30)25-16-7-3-4-8-16)12-19(17)29-22(28)26-27-23(29)32-13-15-6-2-5-9-18(15)24/h2,5-6,9-12,16H,3-4,7-8,13H2,1H3,(H,25,30). The van der Waals surface area contributed by atoms with Crippen molar-refractivity contribution in [2.75, 3.05) is 0 Å². The third kappa shape index (κ3) is 3.66. The lowest BCUT2D eigenvalue weighted by Gasteiger charge is -2.13. The highest BCUT2D eigenvalue weighted by Crippen LogP contribution is 2.26. The maximum Gasteiger partial charge on any atom is 0.262 e. The van der Waals surface area contributed by atoms with Crippen LogP contribution in [-0.4, -0.2) is 31.1 Å². The molecule has 7 nitrogen and oxygen atoms in total. The van der Waals surface area contributed by atoms with Crippen LogP contribution in [0.5, 0.6) is 0 Å². The molecule has 2 aromatic heterocycles. The fraction of sp³-hybridized carbons (Fsp3) is 0.304. The summed E-state index contributed by atoms with van der Waals surface area (Å²) in [6.45, 7) is 0. The van der Waals surface area contributed by atoms with Gasteiger partial charge in [-0.05, 0) is 42.7 Å². The lowest BCUT2D eigenvalue weighted by atomic mass is 10.1. The number of nitrogens with zero attached hydrogens (tertiary/aromatic N) is 4. The van der Waals surface area contributed by atoms with Gasteiger partial charge in [-0.1, -0.05) is 42.8 Å². The smallest absolute Gasteiger partial charge is 0.262 e. The lowest BCUT2D eigenvalue weighted by Crippen LogP contribution is -2.32. The molecule has 32 heavy (non-hydrogen) atoms. The summed E-state index contributed by atoms with van der Waals surface area (Å²) in [6.07, 6.45) is 4.24. The molecule has 0 radical (unpaired) electrons. The van der Waals surface area contributed by atoms with E-state index in [1.54, 1.807) is 47.8 Å². The van der Waals surface area contributed by atoms with E-state index in [0.29, 0.717) is 38.7 Å². The van der Waals surface area contributed by atoms with Crippen molar-refractivity contribution in [2.45, 2.75) is 42.6 Å². The quantitative estimate of drug-likeness (QED) is 0.468. The van der Waals surface area contributed by atoms with Gasteiger partial charge >= 0.3 is 0 Å². The number of amides is 1. The number of aryl methyl sites for hydroxylation is 1. The Balaban J connectivity index is 1.57. The van der Waals surface area contributed by atoms with E-state index < -0.39 is 0 Å². The Morgan fingerprint density at radius 1 is 1.19 bits per heavy atom. The van der Waals surface area contributed by atoms with Gasteiger partial charge in [-0.15, -0.1) is 10.2 Å². The van der Waals surface area contributed by atoms with Crippen LogP contribution in [0.2, 0.25) is 0 Å². The van der Waals surface area contributed by atoms with Crippen molar-refractivity contribution in [3.63, 3.8) is 0 Å². The molecule has 0 atom stereocenters. The Bertz CT molecular complexity index is 1390. The molecule has 0 spiro atoms. The van der Waals surface area contributed by atoms with Crippen molar-refractivity contribution >= 4 is 34.3 Å². The molecule has 0 aliphatic heterocycles. The number of nitrogens with one attached hydrogen (secondary N) is 1.